The van der Waals surface area contributed by atoms with Crippen LogP contribution in [0.2, 0.25) is 0 Å². The first-order valence-corrected chi connectivity index (χ1v) is 10.1. The molecule has 33 heavy (non-hydrogen) atoms. The van der Waals surface area contributed by atoms with Crippen molar-refractivity contribution < 1.29 is 14.3 Å². The topological polar surface area (TPSA) is 110 Å². The number of Topliss-reactive ketones (excluding diaryl/α,β-unsaturated/α-hetero) is 1. The number of hydrogen-bond acceptors (Lipinski definition) is 6. The summed E-state index contributed by atoms with van der Waals surface area (Å²) >= 11 is 0. The maximum absolute atomic E-state index is 14.8. The van der Waals surface area contributed by atoms with E-state index in [1.807, 2.05) is 0 Å². The summed E-state index contributed by atoms with van der Waals surface area (Å²) in [5.41, 5.74) is 11.1. The van der Waals surface area contributed by atoms with E-state index in [9.17, 15) is 14.0 Å². The van der Waals surface area contributed by atoms with Crippen molar-refractivity contribution in [2.24, 2.45) is 5.10 Å². The number of rotatable bonds is 6. The molecule has 4 N–H and O–H groups in total. The van der Waals surface area contributed by atoms with Crippen LogP contribution in [0.5, 0.6) is 0 Å². The number of nitrogens with one attached hydrogen (secondary N) is 1. The maximum atomic E-state index is 14.8. The number of nitrogens with zero attached hydrogens (tertiary/aromatic N) is 2. The van der Waals surface area contributed by atoms with Gasteiger partial charge in [0.25, 0.3) is 0 Å². The Labute approximate surface area is 188 Å². The van der Waals surface area contributed by atoms with Gasteiger partial charge in [-0.1, -0.05) is 24.3 Å². The Bertz CT molecular complexity index is 1430. The molecule has 0 bridgehead atoms. The van der Waals surface area contributed by atoms with Crippen LogP contribution in [0.15, 0.2) is 76.8 Å². The van der Waals surface area contributed by atoms with E-state index in [0.29, 0.717) is 16.9 Å². The number of hydrogen-bond donors (Lipinski definition) is 3. The Kier molecular flexibility index (Phi) is 6.01. The van der Waals surface area contributed by atoms with Crippen molar-refractivity contribution in [3.63, 3.8) is 0 Å². The van der Waals surface area contributed by atoms with Crippen LogP contribution >= 0.6 is 0 Å². The van der Waals surface area contributed by atoms with Gasteiger partial charge >= 0.3 is 0 Å². The fourth-order valence-corrected chi connectivity index (χ4v) is 3.42. The van der Waals surface area contributed by atoms with Crippen molar-refractivity contribution in [2.45, 2.75) is 13.5 Å². The van der Waals surface area contributed by atoms with E-state index in [0.717, 1.165) is 17.2 Å². The minimum atomic E-state index is -0.683. The van der Waals surface area contributed by atoms with Crippen molar-refractivity contribution in [3.05, 3.63) is 99.6 Å². The number of pyridine rings is 1. The highest BCUT2D eigenvalue weighted by atomic mass is 19.1. The van der Waals surface area contributed by atoms with Gasteiger partial charge in [0.2, 0.25) is 0 Å². The number of carbonyl (C=O) groups is 1. The van der Waals surface area contributed by atoms with Gasteiger partial charge < -0.3 is 15.4 Å². The lowest BCUT2D eigenvalue weighted by molar-refractivity contribution is 0.101. The molecule has 8 heteroatoms. The van der Waals surface area contributed by atoms with Crippen LogP contribution < -0.4 is 16.6 Å². The zero-order valence-electron chi connectivity index (χ0n) is 17.7. The average Bonchev–Trinajstić information content (AvgIpc) is 2.81. The lowest BCUT2D eigenvalue weighted by Gasteiger charge is -2.14. The maximum Gasteiger partial charge on any atom is 0.200 e. The Balaban J connectivity index is 1.79. The van der Waals surface area contributed by atoms with E-state index in [1.165, 1.54) is 25.4 Å². The zero-order chi connectivity index (χ0) is 23.5. The summed E-state index contributed by atoms with van der Waals surface area (Å²) in [6.07, 6.45) is 2.96. The number of benzene rings is 3. The number of aliphatic hydroxyl groups is 1. The van der Waals surface area contributed by atoms with Gasteiger partial charge in [-0.3, -0.25) is 15.0 Å². The van der Waals surface area contributed by atoms with Gasteiger partial charge in [0, 0.05) is 23.0 Å². The van der Waals surface area contributed by atoms with E-state index >= 15 is 0 Å². The number of anilines is 2. The molecule has 1 heterocycles. The number of nitrogen functional groups attached to an aromatic ring is 1. The first-order valence-electron chi connectivity index (χ1n) is 10.1. The molecule has 0 amide bonds. The predicted molar refractivity (Wildman–Crippen MR) is 128 cm³/mol. The summed E-state index contributed by atoms with van der Waals surface area (Å²) in [7, 11) is 0. The fraction of sp³-hybridized carbons (Fsp3) is 0.0800. The number of aromatic nitrogens is 1. The molecule has 0 aliphatic heterocycles. The second-order valence-corrected chi connectivity index (χ2v) is 7.51. The SMILES string of the molecule is CC(=O)c1cn(-c2ccc(N)cc2)c2cc(N/N=C/c3ccc(CO)cc3)c(F)cc2c1=O. The number of aliphatic hydroxyl groups excluding tert-OH is 1. The fourth-order valence-electron chi connectivity index (χ4n) is 3.42. The van der Waals surface area contributed by atoms with Gasteiger partial charge in [-0.2, -0.15) is 5.10 Å². The summed E-state index contributed by atoms with van der Waals surface area (Å²) in [5.74, 6) is -1.09. The number of nitrogens with two attached hydrogens (primary N) is 1. The second kappa shape index (κ2) is 9.05. The highest BCUT2D eigenvalue weighted by molar-refractivity contribution is 5.98. The minimum absolute atomic E-state index is 0.0382. The van der Waals surface area contributed by atoms with Crippen molar-refractivity contribution in [3.8, 4) is 5.69 Å². The predicted octanol–water partition coefficient (Wildman–Crippen LogP) is 3.85. The Morgan fingerprint density at radius 3 is 2.48 bits per heavy atom. The van der Waals surface area contributed by atoms with Gasteiger partial charge in [0.1, 0.15) is 5.82 Å². The molecule has 4 aromatic rings. The molecule has 0 unspecified atom stereocenters. The molecule has 0 fully saturated rings. The number of hydrazone groups is 1. The van der Waals surface area contributed by atoms with Crippen LogP contribution in [-0.4, -0.2) is 21.7 Å². The van der Waals surface area contributed by atoms with Crippen LogP contribution in [0.25, 0.3) is 16.6 Å². The third-order valence-corrected chi connectivity index (χ3v) is 5.20. The van der Waals surface area contributed by atoms with Crippen LogP contribution in [0, 0.1) is 5.82 Å². The van der Waals surface area contributed by atoms with Crippen molar-refractivity contribution in [1.29, 1.82) is 0 Å². The summed E-state index contributed by atoms with van der Waals surface area (Å²) in [6.45, 7) is 1.24. The molecular weight excluding hydrogens is 423 g/mol. The third-order valence-electron chi connectivity index (χ3n) is 5.20. The summed E-state index contributed by atoms with van der Waals surface area (Å²) in [5, 5.41) is 13.3. The first kappa shape index (κ1) is 21.9. The third kappa shape index (κ3) is 4.51. The van der Waals surface area contributed by atoms with E-state index in [-0.39, 0.29) is 23.2 Å². The van der Waals surface area contributed by atoms with Gasteiger partial charge in [-0.25, -0.2) is 4.39 Å². The molecule has 0 atom stereocenters. The highest BCUT2D eigenvalue weighted by Gasteiger charge is 2.16. The minimum Gasteiger partial charge on any atom is -0.399 e. The second-order valence-electron chi connectivity index (χ2n) is 7.51. The quantitative estimate of drug-likeness (QED) is 0.181. The van der Waals surface area contributed by atoms with Gasteiger partial charge in [0.15, 0.2) is 11.2 Å². The highest BCUT2D eigenvalue weighted by Crippen LogP contribution is 2.25. The molecule has 0 radical (unpaired) electrons. The zero-order valence-corrected chi connectivity index (χ0v) is 17.7. The molecule has 1 aromatic heterocycles. The molecule has 0 saturated carbocycles. The van der Waals surface area contributed by atoms with Crippen LogP contribution in [0.4, 0.5) is 15.8 Å². The monoisotopic (exact) mass is 444 g/mol. The number of carbonyl (C=O) groups excluding carboxylic acids is 1. The lowest BCUT2D eigenvalue weighted by atomic mass is 10.1. The average molecular weight is 444 g/mol. The van der Waals surface area contributed by atoms with Crippen LogP contribution in [0.1, 0.15) is 28.4 Å². The number of halogens is 1. The molecule has 0 saturated heterocycles. The van der Waals surface area contributed by atoms with Crippen LogP contribution in [-0.2, 0) is 6.61 Å². The Morgan fingerprint density at radius 1 is 1.15 bits per heavy atom. The van der Waals surface area contributed by atoms with Crippen molar-refractivity contribution in [1.82, 2.24) is 4.57 Å². The van der Waals surface area contributed by atoms with Gasteiger partial charge in [-0.05, 0) is 54.4 Å². The normalized spacial score (nSPS) is 11.2. The standard InChI is InChI=1S/C25H21FN4O3/c1-15(32)21-13-30(19-8-6-18(27)7-9-19)24-11-23(22(26)10-20(24)25(21)33)29-28-12-16-2-4-17(14-31)5-3-16/h2-13,29,31H,14,27H2,1H3/b28-12+. The van der Waals surface area contributed by atoms with Gasteiger partial charge in [-0.15, -0.1) is 0 Å². The molecule has 0 aliphatic carbocycles. The number of ketones is 1. The van der Waals surface area contributed by atoms with E-state index in [2.05, 4.69) is 10.5 Å². The molecule has 3 aromatic carbocycles. The summed E-state index contributed by atoms with van der Waals surface area (Å²) in [4.78, 5) is 24.9. The molecule has 0 aliphatic rings. The Morgan fingerprint density at radius 2 is 1.85 bits per heavy atom. The summed E-state index contributed by atoms with van der Waals surface area (Å²) < 4.78 is 16.5. The van der Waals surface area contributed by atoms with E-state index < -0.39 is 17.0 Å². The summed E-state index contributed by atoms with van der Waals surface area (Å²) in [6, 6.07) is 16.5. The first-order chi connectivity index (χ1) is 15.9. The molecule has 7 nitrogen and oxygen atoms in total. The smallest absolute Gasteiger partial charge is 0.200 e. The van der Waals surface area contributed by atoms with Crippen molar-refractivity contribution in [2.75, 3.05) is 11.2 Å². The largest absolute Gasteiger partial charge is 0.399 e. The van der Waals surface area contributed by atoms with Crippen LogP contribution in [0.3, 0.4) is 0 Å². The molecular formula is C25H21FN4O3. The van der Waals surface area contributed by atoms with E-state index in [1.54, 1.807) is 53.1 Å². The number of fused-ring (bicyclic) bond motifs is 1. The Hall–Kier alpha value is -4.30. The van der Waals surface area contributed by atoms with E-state index in [4.69, 9.17) is 10.8 Å². The van der Waals surface area contributed by atoms with Crippen molar-refractivity contribution >= 4 is 34.3 Å². The molecule has 4 rings (SSSR count). The lowest BCUT2D eigenvalue weighted by Crippen LogP contribution is -2.17. The van der Waals surface area contributed by atoms with Gasteiger partial charge in [0.05, 0.1) is 29.6 Å². The molecule has 166 valence electrons. The molecule has 0 spiro atoms.